The molecule has 16 heavy (non-hydrogen) atoms. The zero-order chi connectivity index (χ0) is 12.3. The molecule has 0 unspecified atom stereocenters. The number of hydrogen-bond acceptors (Lipinski definition) is 3. The number of alkyl halides is 3. The SMILES string of the molecule is Cc1c(N=C=S)ccc(C#N)c1C(F)(F)F. The van der Waals surface area contributed by atoms with E-state index < -0.39 is 17.3 Å². The summed E-state index contributed by atoms with van der Waals surface area (Å²) in [7, 11) is 0. The summed E-state index contributed by atoms with van der Waals surface area (Å²) >= 11 is 4.33. The fourth-order valence-electron chi connectivity index (χ4n) is 1.33. The topological polar surface area (TPSA) is 36.1 Å². The van der Waals surface area contributed by atoms with Gasteiger partial charge in [0, 0.05) is 0 Å². The summed E-state index contributed by atoms with van der Waals surface area (Å²) in [5.74, 6) is 0. The summed E-state index contributed by atoms with van der Waals surface area (Å²) in [4.78, 5) is 3.51. The van der Waals surface area contributed by atoms with Crippen molar-refractivity contribution in [2.24, 2.45) is 4.99 Å². The van der Waals surface area contributed by atoms with Crippen molar-refractivity contribution in [3.05, 3.63) is 28.8 Å². The molecule has 0 saturated carbocycles. The molecule has 0 aliphatic carbocycles. The molecule has 0 bridgehead atoms. The Morgan fingerprint density at radius 2 is 2.00 bits per heavy atom. The highest BCUT2D eigenvalue weighted by Gasteiger charge is 2.36. The number of benzene rings is 1. The van der Waals surface area contributed by atoms with Gasteiger partial charge in [-0.15, -0.1) is 0 Å². The van der Waals surface area contributed by atoms with E-state index in [1.165, 1.54) is 19.1 Å². The molecule has 1 rings (SSSR count). The van der Waals surface area contributed by atoms with E-state index in [4.69, 9.17) is 5.26 Å². The average Bonchev–Trinajstić information content (AvgIpc) is 2.19. The second-order valence-corrected chi connectivity index (χ2v) is 3.13. The Balaban J connectivity index is 3.61. The highest BCUT2D eigenvalue weighted by atomic mass is 32.1. The fraction of sp³-hybridized carbons (Fsp3) is 0.200. The van der Waals surface area contributed by atoms with E-state index in [1.54, 1.807) is 0 Å². The lowest BCUT2D eigenvalue weighted by molar-refractivity contribution is -0.138. The van der Waals surface area contributed by atoms with Gasteiger partial charge in [0.1, 0.15) is 0 Å². The third kappa shape index (κ3) is 2.27. The van der Waals surface area contributed by atoms with Gasteiger partial charge in [0.15, 0.2) is 0 Å². The van der Waals surface area contributed by atoms with Crippen molar-refractivity contribution in [1.82, 2.24) is 0 Å². The van der Waals surface area contributed by atoms with Gasteiger partial charge in [0.2, 0.25) is 0 Å². The van der Waals surface area contributed by atoms with Gasteiger partial charge in [0.05, 0.1) is 28.0 Å². The molecule has 0 saturated heterocycles. The molecule has 0 spiro atoms. The zero-order valence-electron chi connectivity index (χ0n) is 8.09. The number of rotatable bonds is 1. The molecule has 0 atom stereocenters. The Kier molecular flexibility index (Phi) is 3.43. The molecule has 0 aromatic heterocycles. The van der Waals surface area contributed by atoms with Crippen LogP contribution in [0.3, 0.4) is 0 Å². The molecule has 1 aromatic carbocycles. The molecule has 0 aliphatic rings. The molecule has 0 fully saturated rings. The van der Waals surface area contributed by atoms with Crippen LogP contribution in [0.5, 0.6) is 0 Å². The average molecular weight is 242 g/mol. The molecular formula is C10H5F3N2S. The predicted molar refractivity (Wildman–Crippen MR) is 55.6 cm³/mol. The van der Waals surface area contributed by atoms with Gasteiger partial charge in [-0.3, -0.25) is 0 Å². The number of halogens is 3. The van der Waals surface area contributed by atoms with Crippen LogP contribution >= 0.6 is 12.2 Å². The smallest absolute Gasteiger partial charge is 0.194 e. The Morgan fingerprint density at radius 1 is 1.38 bits per heavy atom. The van der Waals surface area contributed by atoms with E-state index in [9.17, 15) is 13.2 Å². The summed E-state index contributed by atoms with van der Waals surface area (Å²) in [6.07, 6.45) is -4.58. The number of isothiocyanates is 1. The minimum absolute atomic E-state index is 0.0707. The summed E-state index contributed by atoms with van der Waals surface area (Å²) in [6, 6.07) is 3.88. The molecule has 6 heteroatoms. The van der Waals surface area contributed by atoms with Gasteiger partial charge in [-0.2, -0.15) is 23.4 Å². The molecule has 2 nitrogen and oxygen atoms in total. The second-order valence-electron chi connectivity index (χ2n) is 2.94. The van der Waals surface area contributed by atoms with Crippen LogP contribution in [0.2, 0.25) is 0 Å². The quantitative estimate of drug-likeness (QED) is 0.557. The van der Waals surface area contributed by atoms with E-state index in [2.05, 4.69) is 17.2 Å². The highest BCUT2D eigenvalue weighted by Crippen LogP contribution is 2.37. The van der Waals surface area contributed by atoms with E-state index in [1.807, 2.05) is 5.16 Å². The van der Waals surface area contributed by atoms with Crippen LogP contribution in [0, 0.1) is 18.3 Å². The number of hydrogen-bond donors (Lipinski definition) is 0. The summed E-state index contributed by atoms with van der Waals surface area (Å²) in [5.41, 5.74) is -1.44. The molecule has 0 aliphatic heterocycles. The maximum absolute atomic E-state index is 12.7. The second kappa shape index (κ2) is 4.44. The van der Waals surface area contributed by atoms with Crippen LogP contribution in [0.25, 0.3) is 0 Å². The number of thiocarbonyl (C=S) groups is 1. The van der Waals surface area contributed by atoms with Crippen molar-refractivity contribution in [3.8, 4) is 6.07 Å². The van der Waals surface area contributed by atoms with Crippen molar-refractivity contribution in [3.63, 3.8) is 0 Å². The minimum Gasteiger partial charge on any atom is -0.194 e. The van der Waals surface area contributed by atoms with Crippen LogP contribution < -0.4 is 0 Å². The molecular weight excluding hydrogens is 237 g/mol. The van der Waals surface area contributed by atoms with Gasteiger partial charge < -0.3 is 0 Å². The van der Waals surface area contributed by atoms with Crippen molar-refractivity contribution in [2.75, 3.05) is 0 Å². The van der Waals surface area contributed by atoms with Gasteiger partial charge in [-0.1, -0.05) is 0 Å². The van der Waals surface area contributed by atoms with Crippen LogP contribution in [0.1, 0.15) is 16.7 Å². The number of aliphatic imine (C=N–C) groups is 1. The molecule has 0 heterocycles. The standard InChI is InChI=1S/C10H5F3N2S/c1-6-8(15-5-16)3-2-7(4-14)9(6)10(11,12)13/h2-3H,1H3. The largest absolute Gasteiger partial charge is 0.418 e. The van der Waals surface area contributed by atoms with Gasteiger partial charge in [-0.05, 0) is 36.8 Å². The number of nitriles is 1. The third-order valence-corrected chi connectivity index (χ3v) is 2.10. The third-order valence-electron chi connectivity index (χ3n) is 2.01. The van der Waals surface area contributed by atoms with Crippen LogP contribution in [0.15, 0.2) is 17.1 Å². The molecule has 1 aromatic rings. The fourth-order valence-corrected chi connectivity index (χ4v) is 1.43. The van der Waals surface area contributed by atoms with Gasteiger partial charge in [0.25, 0.3) is 0 Å². The van der Waals surface area contributed by atoms with Crippen LogP contribution in [-0.2, 0) is 6.18 Å². The maximum atomic E-state index is 12.7. The maximum Gasteiger partial charge on any atom is 0.418 e. The summed E-state index contributed by atoms with van der Waals surface area (Å²) in [5, 5.41) is 10.6. The summed E-state index contributed by atoms with van der Waals surface area (Å²) < 4.78 is 38.0. The molecule has 82 valence electrons. The van der Waals surface area contributed by atoms with Gasteiger partial charge >= 0.3 is 6.18 Å². The lowest BCUT2D eigenvalue weighted by Crippen LogP contribution is -2.10. The first-order chi connectivity index (χ1) is 7.41. The Hall–Kier alpha value is -1.70. The van der Waals surface area contributed by atoms with E-state index in [0.717, 1.165) is 6.07 Å². The number of nitrogens with zero attached hydrogens (tertiary/aromatic N) is 2. The van der Waals surface area contributed by atoms with Crippen molar-refractivity contribution in [2.45, 2.75) is 13.1 Å². The Labute approximate surface area is 95.0 Å². The van der Waals surface area contributed by atoms with Crippen molar-refractivity contribution in [1.29, 1.82) is 5.26 Å². The van der Waals surface area contributed by atoms with Crippen molar-refractivity contribution < 1.29 is 13.2 Å². The van der Waals surface area contributed by atoms with Gasteiger partial charge in [-0.25, -0.2) is 0 Å². The zero-order valence-corrected chi connectivity index (χ0v) is 8.91. The van der Waals surface area contributed by atoms with E-state index >= 15 is 0 Å². The summed E-state index contributed by atoms with van der Waals surface area (Å²) in [6.45, 7) is 1.25. The first-order valence-electron chi connectivity index (χ1n) is 4.10. The van der Waals surface area contributed by atoms with E-state index in [0.29, 0.717) is 0 Å². The Morgan fingerprint density at radius 3 is 2.44 bits per heavy atom. The normalized spacial score (nSPS) is 10.4. The molecule has 0 amide bonds. The van der Waals surface area contributed by atoms with Crippen LogP contribution in [0.4, 0.5) is 18.9 Å². The minimum atomic E-state index is -4.58. The highest BCUT2D eigenvalue weighted by molar-refractivity contribution is 7.78. The predicted octanol–water partition coefficient (Wildman–Crippen LogP) is 3.62. The lowest BCUT2D eigenvalue weighted by atomic mass is 10.0. The molecule has 0 N–H and O–H groups in total. The first kappa shape index (κ1) is 12.4. The monoisotopic (exact) mass is 242 g/mol. The first-order valence-corrected chi connectivity index (χ1v) is 4.51. The lowest BCUT2D eigenvalue weighted by Gasteiger charge is -2.12. The van der Waals surface area contributed by atoms with Crippen LogP contribution in [-0.4, -0.2) is 5.16 Å². The Bertz CT molecular complexity index is 508. The molecule has 0 radical (unpaired) electrons. The van der Waals surface area contributed by atoms with E-state index in [-0.39, 0.29) is 11.3 Å². The van der Waals surface area contributed by atoms with Crippen molar-refractivity contribution >= 4 is 23.1 Å².